The maximum atomic E-state index is 6.40. The number of hydrogen-bond donors (Lipinski definition) is 0. The first-order chi connectivity index (χ1) is 29.3. The summed E-state index contributed by atoms with van der Waals surface area (Å²) in [6, 6.07) is 78.7. The van der Waals surface area contributed by atoms with Crippen molar-refractivity contribution in [1.29, 1.82) is 0 Å². The highest BCUT2D eigenvalue weighted by Gasteiger charge is 2.21. The summed E-state index contributed by atoms with van der Waals surface area (Å²) in [4.78, 5) is 2.36. The molecule has 0 aliphatic carbocycles. The molecule has 12 rings (SSSR count). The third-order valence-corrected chi connectivity index (χ3v) is 12.0. The van der Waals surface area contributed by atoms with E-state index in [1.165, 1.54) is 60.0 Å². The highest BCUT2D eigenvalue weighted by Crippen LogP contribution is 2.44. The molecule has 2 aromatic heterocycles. The zero-order valence-corrected chi connectivity index (χ0v) is 32.1. The van der Waals surface area contributed by atoms with Crippen LogP contribution < -0.4 is 4.90 Å². The molecule has 0 amide bonds. The van der Waals surface area contributed by atoms with Crippen LogP contribution in [0.3, 0.4) is 0 Å². The predicted octanol–water partition coefficient (Wildman–Crippen LogP) is 15.8. The average molecular weight is 753 g/mol. The molecule has 0 fully saturated rings. The Morgan fingerprint density at radius 2 is 0.966 bits per heavy atom. The number of furan rings is 1. The van der Waals surface area contributed by atoms with Gasteiger partial charge in [-0.2, -0.15) is 0 Å². The van der Waals surface area contributed by atoms with E-state index >= 15 is 0 Å². The molecule has 0 bridgehead atoms. The van der Waals surface area contributed by atoms with Gasteiger partial charge in [0.05, 0.1) is 22.1 Å². The van der Waals surface area contributed by atoms with Gasteiger partial charge < -0.3 is 13.9 Å². The maximum absolute atomic E-state index is 6.40. The predicted molar refractivity (Wildman–Crippen MR) is 249 cm³/mol. The summed E-state index contributed by atoms with van der Waals surface area (Å²) in [6.07, 6.45) is 0. The van der Waals surface area contributed by atoms with Crippen molar-refractivity contribution in [3.8, 4) is 27.9 Å². The molecule has 0 saturated carbocycles. The van der Waals surface area contributed by atoms with Crippen molar-refractivity contribution in [3.05, 3.63) is 218 Å². The van der Waals surface area contributed by atoms with Gasteiger partial charge in [0.1, 0.15) is 11.2 Å². The van der Waals surface area contributed by atoms with Crippen LogP contribution in [0.2, 0.25) is 0 Å². The molecule has 0 atom stereocenters. The van der Waals surface area contributed by atoms with Crippen LogP contribution in [0.4, 0.5) is 17.1 Å². The second-order valence-corrected chi connectivity index (χ2v) is 15.3. The molecule has 0 aliphatic heterocycles. The normalized spacial score (nSPS) is 11.7. The van der Waals surface area contributed by atoms with Gasteiger partial charge in [0, 0.05) is 38.6 Å². The van der Waals surface area contributed by atoms with E-state index in [4.69, 9.17) is 4.42 Å². The molecular formula is C56H36N2O. The Kier molecular flexibility index (Phi) is 7.54. The first kappa shape index (κ1) is 33.3. The average Bonchev–Trinajstić information content (AvgIpc) is 3.86. The van der Waals surface area contributed by atoms with Crippen LogP contribution in [0, 0.1) is 0 Å². The topological polar surface area (TPSA) is 21.3 Å². The zero-order chi connectivity index (χ0) is 38.9. The Bertz CT molecular complexity index is 3540. The molecule has 0 radical (unpaired) electrons. The number of hydrogen-bond acceptors (Lipinski definition) is 2. The Labute approximate surface area is 341 Å². The number of fused-ring (bicyclic) bond motifs is 9. The second-order valence-electron chi connectivity index (χ2n) is 15.3. The SMILES string of the molecule is c1ccc(-n2c3cc(-c4ccc(N(c5ccc(-c6cccc7ccccc67)cc5)c5cccc6oc7ccccc7c56)cc4)ccc3c3ccc4ccccc4c32)cc1. The fraction of sp³-hybridized carbons (Fsp3) is 0. The monoisotopic (exact) mass is 752 g/mol. The van der Waals surface area contributed by atoms with Crippen molar-refractivity contribution in [2.45, 2.75) is 0 Å². The number of benzene rings is 10. The Morgan fingerprint density at radius 3 is 1.76 bits per heavy atom. The van der Waals surface area contributed by atoms with Crippen LogP contribution in [-0.4, -0.2) is 4.57 Å². The quantitative estimate of drug-likeness (QED) is 0.169. The van der Waals surface area contributed by atoms with Crippen molar-refractivity contribution >= 4 is 82.4 Å². The molecule has 0 saturated heterocycles. The molecule has 12 aromatic rings. The van der Waals surface area contributed by atoms with Gasteiger partial charge in [-0.25, -0.2) is 0 Å². The Balaban J connectivity index is 1.01. The molecule has 276 valence electrons. The van der Waals surface area contributed by atoms with Crippen LogP contribution in [0.15, 0.2) is 223 Å². The lowest BCUT2D eigenvalue weighted by Crippen LogP contribution is -2.10. The summed E-state index contributed by atoms with van der Waals surface area (Å²) >= 11 is 0. The number of rotatable bonds is 6. The van der Waals surface area contributed by atoms with Gasteiger partial charge >= 0.3 is 0 Å². The minimum absolute atomic E-state index is 0.868. The van der Waals surface area contributed by atoms with E-state index in [2.05, 4.69) is 216 Å². The van der Waals surface area contributed by atoms with Crippen molar-refractivity contribution < 1.29 is 4.42 Å². The number of anilines is 3. The van der Waals surface area contributed by atoms with E-state index in [9.17, 15) is 0 Å². The van der Waals surface area contributed by atoms with E-state index in [1.54, 1.807) is 0 Å². The first-order valence-electron chi connectivity index (χ1n) is 20.2. The van der Waals surface area contributed by atoms with Gasteiger partial charge in [-0.05, 0) is 99.1 Å². The minimum Gasteiger partial charge on any atom is -0.456 e. The fourth-order valence-electron chi connectivity index (χ4n) is 9.24. The van der Waals surface area contributed by atoms with Crippen LogP contribution in [0.5, 0.6) is 0 Å². The van der Waals surface area contributed by atoms with Crippen LogP contribution >= 0.6 is 0 Å². The van der Waals surface area contributed by atoms with Crippen molar-refractivity contribution in [2.24, 2.45) is 0 Å². The molecule has 10 aromatic carbocycles. The highest BCUT2D eigenvalue weighted by atomic mass is 16.3. The third kappa shape index (κ3) is 5.36. The molecule has 0 aliphatic rings. The lowest BCUT2D eigenvalue weighted by atomic mass is 9.98. The molecular weight excluding hydrogens is 717 g/mol. The summed E-state index contributed by atoms with van der Waals surface area (Å²) in [5.74, 6) is 0. The third-order valence-electron chi connectivity index (χ3n) is 12.0. The van der Waals surface area contributed by atoms with Gasteiger partial charge in [-0.1, -0.05) is 158 Å². The molecule has 0 unspecified atom stereocenters. The molecule has 2 heterocycles. The molecule has 0 spiro atoms. The molecule has 3 nitrogen and oxygen atoms in total. The lowest BCUT2D eigenvalue weighted by Gasteiger charge is -2.26. The van der Waals surface area contributed by atoms with E-state index in [1.807, 2.05) is 12.1 Å². The Morgan fingerprint density at radius 1 is 0.373 bits per heavy atom. The van der Waals surface area contributed by atoms with Gasteiger partial charge in [0.2, 0.25) is 0 Å². The molecule has 3 heteroatoms. The van der Waals surface area contributed by atoms with Gasteiger partial charge in [-0.3, -0.25) is 0 Å². The molecule has 59 heavy (non-hydrogen) atoms. The molecule has 0 N–H and O–H groups in total. The minimum atomic E-state index is 0.868. The number of para-hydroxylation sites is 2. The van der Waals surface area contributed by atoms with Crippen LogP contribution in [-0.2, 0) is 0 Å². The summed E-state index contributed by atoms with van der Waals surface area (Å²) in [6.45, 7) is 0. The summed E-state index contributed by atoms with van der Waals surface area (Å²) < 4.78 is 8.84. The van der Waals surface area contributed by atoms with Crippen LogP contribution in [0.25, 0.3) is 93.2 Å². The van der Waals surface area contributed by atoms with Gasteiger partial charge in [-0.15, -0.1) is 0 Å². The Hall–Kier alpha value is -7.88. The van der Waals surface area contributed by atoms with E-state index in [0.29, 0.717) is 0 Å². The summed E-state index contributed by atoms with van der Waals surface area (Å²) in [5, 5.41) is 9.67. The summed E-state index contributed by atoms with van der Waals surface area (Å²) in [5.41, 5.74) is 13.3. The number of nitrogens with zero attached hydrogens (tertiary/aromatic N) is 2. The standard InChI is InChI=1S/C56H36N2O/c1-2-15-42(16-3-1)58-52-36-41(29-34-48(52)49-35-28-39-13-5-7-18-47(39)56(49)58)37-24-30-43(31-25-37)57(51-21-11-23-54-55(51)50-19-8-9-22-53(50)59-54)44-32-26-40(27-33-44)46-20-10-14-38-12-4-6-17-45(38)46/h1-36H. The van der Waals surface area contributed by atoms with Gasteiger partial charge in [0.15, 0.2) is 0 Å². The van der Waals surface area contributed by atoms with E-state index in [0.717, 1.165) is 50.3 Å². The van der Waals surface area contributed by atoms with Crippen molar-refractivity contribution in [3.63, 3.8) is 0 Å². The van der Waals surface area contributed by atoms with Gasteiger partial charge in [0.25, 0.3) is 0 Å². The van der Waals surface area contributed by atoms with Crippen LogP contribution in [0.1, 0.15) is 0 Å². The fourth-order valence-corrected chi connectivity index (χ4v) is 9.24. The zero-order valence-electron chi connectivity index (χ0n) is 32.1. The van der Waals surface area contributed by atoms with Crippen molar-refractivity contribution in [2.75, 3.05) is 4.90 Å². The lowest BCUT2D eigenvalue weighted by molar-refractivity contribution is 0.669. The highest BCUT2D eigenvalue weighted by molar-refractivity contribution is 6.19. The number of aromatic nitrogens is 1. The van der Waals surface area contributed by atoms with E-state index < -0.39 is 0 Å². The first-order valence-corrected chi connectivity index (χ1v) is 20.2. The van der Waals surface area contributed by atoms with Crippen molar-refractivity contribution in [1.82, 2.24) is 4.57 Å². The largest absolute Gasteiger partial charge is 0.456 e. The maximum Gasteiger partial charge on any atom is 0.137 e. The van der Waals surface area contributed by atoms with E-state index in [-0.39, 0.29) is 0 Å². The smallest absolute Gasteiger partial charge is 0.137 e. The second kappa shape index (κ2) is 13.4. The summed E-state index contributed by atoms with van der Waals surface area (Å²) in [7, 11) is 0.